The molecule has 3 aliphatic rings. The number of piperazine rings is 2. The summed E-state index contributed by atoms with van der Waals surface area (Å²) in [5.41, 5.74) is 2.16. The van der Waals surface area contributed by atoms with Gasteiger partial charge in [-0.15, -0.1) is 0 Å². The van der Waals surface area contributed by atoms with Crippen molar-refractivity contribution >= 4 is 23.6 Å². The van der Waals surface area contributed by atoms with Crippen LogP contribution in [0.1, 0.15) is 62.5 Å². The Balaban J connectivity index is 1.19. The molecule has 3 fully saturated rings. The summed E-state index contributed by atoms with van der Waals surface area (Å²) in [6, 6.07) is 19.8. The van der Waals surface area contributed by atoms with Gasteiger partial charge in [-0.1, -0.05) is 79.9 Å². The maximum Gasteiger partial charge on any atom is 0.312 e. The van der Waals surface area contributed by atoms with E-state index >= 15 is 0 Å². The zero-order valence-electron chi connectivity index (χ0n) is 23.9. The first-order valence-electron chi connectivity index (χ1n) is 15.3. The van der Waals surface area contributed by atoms with E-state index in [1.807, 2.05) is 53.4 Å². The van der Waals surface area contributed by atoms with Crippen LogP contribution in [0.5, 0.6) is 0 Å². The van der Waals surface area contributed by atoms with Crippen LogP contribution in [0, 0.1) is 5.92 Å². The molecule has 218 valence electrons. The Kier molecular flexibility index (Phi) is 9.70. The van der Waals surface area contributed by atoms with Crippen LogP contribution < -0.4 is 5.32 Å². The minimum atomic E-state index is -0.558. The molecule has 5 rings (SSSR count). The van der Waals surface area contributed by atoms with Gasteiger partial charge in [0.2, 0.25) is 0 Å². The Morgan fingerprint density at radius 1 is 0.707 bits per heavy atom. The van der Waals surface area contributed by atoms with Crippen LogP contribution in [-0.4, -0.2) is 76.6 Å². The quantitative estimate of drug-likeness (QED) is 0.338. The number of nitrogens with zero attached hydrogens (tertiary/aromatic N) is 3. The van der Waals surface area contributed by atoms with Gasteiger partial charge >= 0.3 is 23.6 Å². The highest BCUT2D eigenvalue weighted by atomic mass is 16.2. The third-order valence-electron chi connectivity index (χ3n) is 8.90. The first-order chi connectivity index (χ1) is 20.0. The van der Waals surface area contributed by atoms with Crippen LogP contribution in [0.4, 0.5) is 0 Å². The first kappa shape index (κ1) is 28.8. The molecule has 1 aliphatic carbocycles. The van der Waals surface area contributed by atoms with Crippen molar-refractivity contribution in [3.05, 3.63) is 71.8 Å². The summed E-state index contributed by atoms with van der Waals surface area (Å²) in [5.74, 6) is -1.34. The standard InChI is InChI=1S/C33H42N4O4/c38-30-31(39)36(22-26-14-6-2-7-15-26)28(21-34-30)18-10-11-19-35-24-29(20-25-12-4-1-5-13-25)37(33(41)32(35)40)23-27-16-8-3-9-17-27/h1-2,4-7,12-15,27-29H,3,8-11,16-24H2,(H,34,38)/t28-,29+/m1/s1. The fourth-order valence-electron chi connectivity index (χ4n) is 6.61. The van der Waals surface area contributed by atoms with Gasteiger partial charge in [-0.2, -0.15) is 0 Å². The third-order valence-corrected chi connectivity index (χ3v) is 8.90. The van der Waals surface area contributed by atoms with Crippen molar-refractivity contribution in [2.24, 2.45) is 5.92 Å². The summed E-state index contributed by atoms with van der Waals surface area (Å²) in [4.78, 5) is 56.7. The van der Waals surface area contributed by atoms with Gasteiger partial charge in [0.15, 0.2) is 0 Å². The second-order valence-corrected chi connectivity index (χ2v) is 11.8. The Labute approximate surface area is 243 Å². The van der Waals surface area contributed by atoms with E-state index in [9.17, 15) is 19.2 Å². The number of nitrogens with one attached hydrogen (secondary N) is 1. The molecule has 0 unspecified atom stereocenters. The lowest BCUT2D eigenvalue weighted by Gasteiger charge is -2.42. The van der Waals surface area contributed by atoms with E-state index in [4.69, 9.17) is 0 Å². The van der Waals surface area contributed by atoms with Crippen LogP contribution in [0.2, 0.25) is 0 Å². The number of unbranched alkanes of at least 4 members (excludes halogenated alkanes) is 1. The molecule has 2 aliphatic heterocycles. The molecular weight excluding hydrogens is 516 g/mol. The van der Waals surface area contributed by atoms with Crippen molar-refractivity contribution in [3.63, 3.8) is 0 Å². The number of carbonyl (C=O) groups is 4. The number of amides is 4. The number of carbonyl (C=O) groups excluding carboxylic acids is 4. The predicted octanol–water partition coefficient (Wildman–Crippen LogP) is 3.55. The zero-order chi connectivity index (χ0) is 28.6. The predicted molar refractivity (Wildman–Crippen MR) is 156 cm³/mol. The second kappa shape index (κ2) is 13.8. The lowest BCUT2D eigenvalue weighted by Crippen LogP contribution is -2.61. The van der Waals surface area contributed by atoms with Gasteiger partial charge in [0.1, 0.15) is 0 Å². The van der Waals surface area contributed by atoms with Crippen LogP contribution in [0.3, 0.4) is 0 Å². The fraction of sp³-hybridized carbons (Fsp3) is 0.515. The zero-order valence-corrected chi connectivity index (χ0v) is 23.9. The molecule has 0 aromatic heterocycles. The molecule has 0 bridgehead atoms. The van der Waals surface area contributed by atoms with Crippen LogP contribution >= 0.6 is 0 Å². The summed E-state index contributed by atoms with van der Waals surface area (Å²) in [5, 5.41) is 2.72. The molecular formula is C33H42N4O4. The van der Waals surface area contributed by atoms with E-state index in [1.54, 1.807) is 9.80 Å². The van der Waals surface area contributed by atoms with Gasteiger partial charge in [-0.05, 0) is 55.6 Å². The van der Waals surface area contributed by atoms with E-state index in [0.29, 0.717) is 38.6 Å². The molecule has 2 heterocycles. The van der Waals surface area contributed by atoms with E-state index in [1.165, 1.54) is 24.8 Å². The second-order valence-electron chi connectivity index (χ2n) is 11.8. The van der Waals surface area contributed by atoms with Crippen molar-refractivity contribution in [2.45, 2.75) is 76.4 Å². The first-order valence-corrected chi connectivity index (χ1v) is 15.3. The molecule has 2 atom stereocenters. The van der Waals surface area contributed by atoms with Gasteiger partial charge in [0.25, 0.3) is 0 Å². The maximum absolute atomic E-state index is 13.4. The van der Waals surface area contributed by atoms with Crippen molar-refractivity contribution in [1.29, 1.82) is 0 Å². The largest absolute Gasteiger partial charge is 0.346 e. The van der Waals surface area contributed by atoms with Gasteiger partial charge in [-0.25, -0.2) is 0 Å². The van der Waals surface area contributed by atoms with Gasteiger partial charge < -0.3 is 20.0 Å². The minimum Gasteiger partial charge on any atom is -0.346 e. The molecule has 1 N–H and O–H groups in total. The summed E-state index contributed by atoms with van der Waals surface area (Å²) < 4.78 is 0. The minimum absolute atomic E-state index is 0.0305. The molecule has 1 saturated carbocycles. The maximum atomic E-state index is 13.4. The third kappa shape index (κ3) is 7.34. The molecule has 2 aromatic rings. The molecule has 0 spiro atoms. The number of benzene rings is 2. The van der Waals surface area contributed by atoms with E-state index in [2.05, 4.69) is 17.4 Å². The summed E-state index contributed by atoms with van der Waals surface area (Å²) in [6.07, 6.45) is 8.90. The van der Waals surface area contributed by atoms with Crippen molar-refractivity contribution in [3.8, 4) is 0 Å². The monoisotopic (exact) mass is 558 g/mol. The highest BCUT2D eigenvalue weighted by Crippen LogP contribution is 2.27. The Bertz CT molecular complexity index is 1200. The molecule has 8 heteroatoms. The fourth-order valence-corrected chi connectivity index (χ4v) is 6.61. The lowest BCUT2D eigenvalue weighted by molar-refractivity contribution is -0.159. The smallest absolute Gasteiger partial charge is 0.312 e. The number of rotatable bonds is 11. The van der Waals surface area contributed by atoms with Crippen molar-refractivity contribution in [1.82, 2.24) is 20.0 Å². The molecule has 2 aromatic carbocycles. The lowest BCUT2D eigenvalue weighted by atomic mass is 9.88. The van der Waals surface area contributed by atoms with Crippen LogP contribution in [-0.2, 0) is 32.1 Å². The topological polar surface area (TPSA) is 90.0 Å². The average Bonchev–Trinajstić information content (AvgIpc) is 3.00. The SMILES string of the molecule is O=C1NC[C@@H](CCCCN2C[C@H](Cc3ccccc3)N(CC3CCCCC3)C(=O)C2=O)N(Cc2ccccc2)C1=O. The Morgan fingerprint density at radius 3 is 2.10 bits per heavy atom. The van der Waals surface area contributed by atoms with E-state index < -0.39 is 17.7 Å². The van der Waals surface area contributed by atoms with Gasteiger partial charge in [0, 0.05) is 38.8 Å². The van der Waals surface area contributed by atoms with Crippen LogP contribution in [0.15, 0.2) is 60.7 Å². The van der Waals surface area contributed by atoms with E-state index in [-0.39, 0.29) is 18.0 Å². The molecule has 41 heavy (non-hydrogen) atoms. The Morgan fingerprint density at radius 2 is 1.39 bits per heavy atom. The normalized spacial score (nSPS) is 22.3. The Hall–Kier alpha value is -3.68. The summed E-state index contributed by atoms with van der Waals surface area (Å²) >= 11 is 0. The molecule has 0 radical (unpaired) electrons. The molecule has 4 amide bonds. The van der Waals surface area contributed by atoms with E-state index in [0.717, 1.165) is 44.1 Å². The highest BCUT2D eigenvalue weighted by Gasteiger charge is 2.40. The van der Waals surface area contributed by atoms with Gasteiger partial charge in [0.05, 0.1) is 6.04 Å². The number of hydrogen-bond acceptors (Lipinski definition) is 4. The average molecular weight is 559 g/mol. The summed E-state index contributed by atoms with van der Waals surface area (Å²) in [6.45, 7) is 2.56. The van der Waals surface area contributed by atoms with Crippen molar-refractivity contribution in [2.75, 3.05) is 26.2 Å². The van der Waals surface area contributed by atoms with Gasteiger partial charge in [-0.3, -0.25) is 19.2 Å². The summed E-state index contributed by atoms with van der Waals surface area (Å²) in [7, 11) is 0. The highest BCUT2D eigenvalue weighted by molar-refractivity contribution is 6.36. The van der Waals surface area contributed by atoms with Crippen LogP contribution in [0.25, 0.3) is 0 Å². The molecule has 8 nitrogen and oxygen atoms in total. The van der Waals surface area contributed by atoms with Crippen molar-refractivity contribution < 1.29 is 19.2 Å². The number of hydrogen-bond donors (Lipinski definition) is 1. The molecule has 2 saturated heterocycles.